The first kappa shape index (κ1) is 17.8. The predicted octanol–water partition coefficient (Wildman–Crippen LogP) is 1.80. The first-order valence-corrected chi connectivity index (χ1v) is 10.0. The number of rotatable bonds is 3. The van der Waals surface area contributed by atoms with Gasteiger partial charge in [-0.3, -0.25) is 9.36 Å². The summed E-state index contributed by atoms with van der Waals surface area (Å²) in [4.78, 5) is 30.2. The second kappa shape index (κ2) is 7.31. The maximum absolute atomic E-state index is 13.0. The van der Waals surface area contributed by atoms with Crippen LogP contribution in [0.25, 0.3) is 5.82 Å². The molecule has 0 saturated carbocycles. The van der Waals surface area contributed by atoms with E-state index in [2.05, 4.69) is 25.0 Å². The first-order valence-electron chi connectivity index (χ1n) is 10.0. The lowest BCUT2D eigenvalue weighted by atomic mass is 9.96. The van der Waals surface area contributed by atoms with E-state index < -0.39 is 0 Å². The van der Waals surface area contributed by atoms with Crippen LogP contribution in [0, 0.1) is 6.92 Å². The number of amides is 1. The molecule has 4 heterocycles. The fourth-order valence-corrected chi connectivity index (χ4v) is 4.07. The van der Waals surface area contributed by atoms with Crippen molar-refractivity contribution < 1.29 is 9.32 Å². The highest BCUT2D eigenvalue weighted by Gasteiger charge is 2.29. The second-order valence-electron chi connectivity index (χ2n) is 7.52. The molecule has 29 heavy (non-hydrogen) atoms. The smallest absolute Gasteiger partial charge is 0.276 e. The number of carbonyl (C=O) groups is 1. The minimum atomic E-state index is -0.0190. The van der Waals surface area contributed by atoms with Crippen molar-refractivity contribution in [3.63, 3.8) is 0 Å². The van der Waals surface area contributed by atoms with Crippen LogP contribution in [0.5, 0.6) is 0 Å². The van der Waals surface area contributed by atoms with Crippen molar-refractivity contribution in [2.75, 3.05) is 31.1 Å². The van der Waals surface area contributed by atoms with Crippen molar-refractivity contribution in [3.05, 3.63) is 47.6 Å². The van der Waals surface area contributed by atoms with Crippen LogP contribution in [0.15, 0.2) is 29.3 Å². The fraction of sp³-hybridized carbons (Fsp3) is 0.450. The SMILES string of the molecule is Cc1nc(N2CCN(C(=O)c3noc4c3CCCC4)CC2)cc(-n2ccnc2)n1. The molecule has 1 aliphatic carbocycles. The standard InChI is InChI=1S/C20H23N7O2/c1-14-22-17(12-18(23-14)27-7-6-21-13-27)25-8-10-26(11-9-25)20(28)19-15-4-2-3-5-16(15)29-24-19/h6-7,12-13H,2-5,8-11H2,1H3. The van der Waals surface area contributed by atoms with Crippen LogP contribution in [-0.2, 0) is 12.8 Å². The van der Waals surface area contributed by atoms with Crippen LogP contribution in [0.1, 0.15) is 40.5 Å². The van der Waals surface area contributed by atoms with Gasteiger partial charge in [0.05, 0.1) is 0 Å². The molecule has 0 radical (unpaired) electrons. The normalized spacial score (nSPS) is 16.7. The number of imidazole rings is 1. The van der Waals surface area contributed by atoms with Crippen LogP contribution in [0.2, 0.25) is 0 Å². The Kier molecular flexibility index (Phi) is 4.49. The van der Waals surface area contributed by atoms with E-state index in [0.717, 1.165) is 48.6 Å². The van der Waals surface area contributed by atoms with Gasteiger partial charge in [-0.1, -0.05) is 5.16 Å². The summed E-state index contributed by atoms with van der Waals surface area (Å²) in [5, 5.41) is 4.09. The maximum Gasteiger partial charge on any atom is 0.276 e. The van der Waals surface area contributed by atoms with Crippen molar-refractivity contribution in [1.29, 1.82) is 0 Å². The molecule has 3 aromatic rings. The van der Waals surface area contributed by atoms with E-state index in [0.29, 0.717) is 37.7 Å². The molecule has 3 aromatic heterocycles. The molecule has 0 N–H and O–H groups in total. The van der Waals surface area contributed by atoms with E-state index in [1.54, 1.807) is 12.5 Å². The summed E-state index contributed by atoms with van der Waals surface area (Å²) < 4.78 is 7.29. The van der Waals surface area contributed by atoms with E-state index >= 15 is 0 Å². The molecule has 1 saturated heterocycles. The number of anilines is 1. The third-order valence-electron chi connectivity index (χ3n) is 5.62. The third kappa shape index (κ3) is 3.37. The molecule has 5 rings (SSSR count). The Morgan fingerprint density at radius 1 is 1.07 bits per heavy atom. The zero-order chi connectivity index (χ0) is 19.8. The topological polar surface area (TPSA) is 93.2 Å². The summed E-state index contributed by atoms with van der Waals surface area (Å²) in [5.41, 5.74) is 1.52. The molecule has 0 bridgehead atoms. The highest BCUT2D eigenvalue weighted by molar-refractivity contribution is 5.94. The van der Waals surface area contributed by atoms with Crippen molar-refractivity contribution in [2.45, 2.75) is 32.6 Å². The summed E-state index contributed by atoms with van der Waals surface area (Å²) in [6.07, 6.45) is 9.28. The van der Waals surface area contributed by atoms with Crippen LogP contribution < -0.4 is 4.90 Å². The Bertz CT molecular complexity index is 1020. The number of nitrogens with zero attached hydrogens (tertiary/aromatic N) is 7. The van der Waals surface area contributed by atoms with Gasteiger partial charge >= 0.3 is 0 Å². The van der Waals surface area contributed by atoms with E-state index in [1.165, 1.54) is 0 Å². The molecule has 0 atom stereocenters. The fourth-order valence-electron chi connectivity index (χ4n) is 4.07. The number of fused-ring (bicyclic) bond motifs is 1. The highest BCUT2D eigenvalue weighted by Crippen LogP contribution is 2.26. The van der Waals surface area contributed by atoms with Gasteiger partial charge in [0.15, 0.2) is 5.69 Å². The van der Waals surface area contributed by atoms with Gasteiger partial charge in [0.25, 0.3) is 5.91 Å². The van der Waals surface area contributed by atoms with Crippen molar-refractivity contribution in [2.24, 2.45) is 0 Å². The van der Waals surface area contributed by atoms with Gasteiger partial charge in [-0.25, -0.2) is 15.0 Å². The Balaban J connectivity index is 1.30. The van der Waals surface area contributed by atoms with Crippen LogP contribution in [0.4, 0.5) is 5.82 Å². The average Bonchev–Trinajstić information content (AvgIpc) is 3.43. The largest absolute Gasteiger partial charge is 0.360 e. The van der Waals surface area contributed by atoms with E-state index in [1.807, 2.05) is 28.7 Å². The number of hydrogen-bond acceptors (Lipinski definition) is 7. The Hall–Kier alpha value is -3.23. The first-order chi connectivity index (χ1) is 14.2. The lowest BCUT2D eigenvalue weighted by molar-refractivity contribution is 0.0735. The maximum atomic E-state index is 13.0. The number of aryl methyl sites for hydroxylation is 2. The molecule has 2 aliphatic rings. The van der Waals surface area contributed by atoms with E-state index in [9.17, 15) is 4.79 Å². The van der Waals surface area contributed by atoms with Gasteiger partial charge in [-0.15, -0.1) is 0 Å². The van der Waals surface area contributed by atoms with Crippen LogP contribution in [-0.4, -0.2) is 61.7 Å². The molecule has 0 unspecified atom stereocenters. The molecular formula is C20H23N7O2. The lowest BCUT2D eigenvalue weighted by Crippen LogP contribution is -2.49. The Labute approximate surface area is 168 Å². The zero-order valence-electron chi connectivity index (χ0n) is 16.4. The summed E-state index contributed by atoms with van der Waals surface area (Å²) >= 11 is 0. The number of aromatic nitrogens is 5. The molecule has 9 nitrogen and oxygen atoms in total. The minimum Gasteiger partial charge on any atom is -0.360 e. The molecular weight excluding hydrogens is 370 g/mol. The Morgan fingerprint density at radius 3 is 2.66 bits per heavy atom. The highest BCUT2D eigenvalue weighted by atomic mass is 16.5. The van der Waals surface area contributed by atoms with Gasteiger partial charge in [0, 0.05) is 56.6 Å². The average molecular weight is 393 g/mol. The summed E-state index contributed by atoms with van der Waals surface area (Å²) in [6.45, 7) is 4.57. The molecule has 0 spiro atoms. The Morgan fingerprint density at radius 2 is 1.86 bits per heavy atom. The van der Waals surface area contributed by atoms with Gasteiger partial charge in [-0.05, 0) is 26.2 Å². The van der Waals surface area contributed by atoms with Crippen molar-refractivity contribution in [3.8, 4) is 5.82 Å². The number of carbonyl (C=O) groups excluding carboxylic acids is 1. The molecule has 9 heteroatoms. The second-order valence-corrected chi connectivity index (χ2v) is 7.52. The lowest BCUT2D eigenvalue weighted by Gasteiger charge is -2.35. The van der Waals surface area contributed by atoms with Crippen LogP contribution >= 0.6 is 0 Å². The molecule has 1 fully saturated rings. The van der Waals surface area contributed by atoms with E-state index in [-0.39, 0.29) is 5.91 Å². The molecule has 1 aliphatic heterocycles. The van der Waals surface area contributed by atoms with Crippen molar-refractivity contribution in [1.82, 2.24) is 29.6 Å². The monoisotopic (exact) mass is 393 g/mol. The molecule has 1 amide bonds. The van der Waals surface area contributed by atoms with Gasteiger partial charge in [-0.2, -0.15) is 0 Å². The zero-order valence-corrected chi connectivity index (χ0v) is 16.4. The van der Waals surface area contributed by atoms with Gasteiger partial charge < -0.3 is 14.3 Å². The number of hydrogen-bond donors (Lipinski definition) is 0. The quantitative estimate of drug-likeness (QED) is 0.670. The van der Waals surface area contributed by atoms with Gasteiger partial charge in [0.2, 0.25) is 0 Å². The van der Waals surface area contributed by atoms with E-state index in [4.69, 9.17) is 4.52 Å². The predicted molar refractivity (Wildman–Crippen MR) is 105 cm³/mol. The van der Waals surface area contributed by atoms with Crippen molar-refractivity contribution >= 4 is 11.7 Å². The van der Waals surface area contributed by atoms with Crippen LogP contribution in [0.3, 0.4) is 0 Å². The summed E-state index contributed by atoms with van der Waals surface area (Å²) in [7, 11) is 0. The molecule has 150 valence electrons. The summed E-state index contributed by atoms with van der Waals surface area (Å²) in [6, 6.07) is 1.96. The number of piperazine rings is 1. The summed E-state index contributed by atoms with van der Waals surface area (Å²) in [5.74, 6) is 3.24. The molecule has 0 aromatic carbocycles. The third-order valence-corrected chi connectivity index (χ3v) is 5.62. The van der Waals surface area contributed by atoms with Gasteiger partial charge in [0.1, 0.15) is 29.5 Å². The minimum absolute atomic E-state index is 0.0190.